The number of ether oxygens (including phenoxy) is 1. The average molecular weight is 327 g/mol. The van der Waals surface area contributed by atoms with E-state index in [4.69, 9.17) is 4.74 Å². The summed E-state index contributed by atoms with van der Waals surface area (Å²) in [6.45, 7) is 2.65. The molecule has 124 valence electrons. The second-order valence-electron chi connectivity index (χ2n) is 4.92. The van der Waals surface area contributed by atoms with Gasteiger partial charge in [-0.05, 0) is 48.4 Å². The third kappa shape index (κ3) is 4.91. The van der Waals surface area contributed by atoms with Crippen molar-refractivity contribution in [3.8, 4) is 5.75 Å². The molecule has 0 saturated carbocycles. The van der Waals surface area contributed by atoms with Gasteiger partial charge in [-0.1, -0.05) is 6.92 Å². The smallest absolute Gasteiger partial charge is 0.271 e. The zero-order chi connectivity index (χ0) is 17.4. The minimum absolute atomic E-state index is 0.00145. The fourth-order valence-corrected chi connectivity index (χ4v) is 1.83. The number of nitro benzene ring substituents is 1. The molecule has 0 bridgehead atoms. The quantitative estimate of drug-likeness (QED) is 0.480. The van der Waals surface area contributed by atoms with Crippen LogP contribution in [-0.2, 0) is 0 Å². The Labute approximate surface area is 139 Å². The Balaban J connectivity index is 1.91. The van der Waals surface area contributed by atoms with Crippen molar-refractivity contribution in [2.24, 2.45) is 5.10 Å². The molecule has 0 heterocycles. The van der Waals surface area contributed by atoms with Gasteiger partial charge in [0.05, 0.1) is 17.7 Å². The summed E-state index contributed by atoms with van der Waals surface area (Å²) < 4.78 is 5.45. The van der Waals surface area contributed by atoms with Crippen molar-refractivity contribution in [1.29, 1.82) is 0 Å². The molecule has 0 aliphatic heterocycles. The molecule has 7 heteroatoms. The molecule has 2 rings (SSSR count). The summed E-state index contributed by atoms with van der Waals surface area (Å²) in [7, 11) is 0. The SMILES string of the molecule is CCCOc1ccc(C(=O)NN=Cc2ccc([N+](=O)[O-])cc2)cc1. The maximum Gasteiger partial charge on any atom is 0.271 e. The van der Waals surface area contributed by atoms with Gasteiger partial charge in [-0.2, -0.15) is 5.10 Å². The van der Waals surface area contributed by atoms with E-state index >= 15 is 0 Å². The van der Waals surface area contributed by atoms with Crippen LogP contribution in [0.25, 0.3) is 0 Å². The van der Waals surface area contributed by atoms with Gasteiger partial charge in [0.2, 0.25) is 0 Å². The van der Waals surface area contributed by atoms with Gasteiger partial charge in [-0.15, -0.1) is 0 Å². The fraction of sp³-hybridized carbons (Fsp3) is 0.176. The van der Waals surface area contributed by atoms with E-state index in [1.165, 1.54) is 18.3 Å². The van der Waals surface area contributed by atoms with Crippen molar-refractivity contribution < 1.29 is 14.5 Å². The van der Waals surface area contributed by atoms with Crippen LogP contribution in [-0.4, -0.2) is 23.7 Å². The lowest BCUT2D eigenvalue weighted by molar-refractivity contribution is -0.384. The third-order valence-corrected chi connectivity index (χ3v) is 3.07. The van der Waals surface area contributed by atoms with Gasteiger partial charge in [0.15, 0.2) is 0 Å². The Bertz CT molecular complexity index is 725. The van der Waals surface area contributed by atoms with Gasteiger partial charge in [0.25, 0.3) is 11.6 Å². The molecule has 0 radical (unpaired) electrons. The Morgan fingerprint density at radius 1 is 1.21 bits per heavy atom. The van der Waals surface area contributed by atoms with Crippen molar-refractivity contribution >= 4 is 17.8 Å². The average Bonchev–Trinajstić information content (AvgIpc) is 2.60. The summed E-state index contributed by atoms with van der Waals surface area (Å²) in [6.07, 6.45) is 2.33. The van der Waals surface area contributed by atoms with Gasteiger partial charge in [0, 0.05) is 17.7 Å². The molecular weight excluding hydrogens is 310 g/mol. The monoisotopic (exact) mass is 327 g/mol. The molecule has 7 nitrogen and oxygen atoms in total. The third-order valence-electron chi connectivity index (χ3n) is 3.07. The first-order valence-electron chi connectivity index (χ1n) is 7.41. The molecule has 2 aromatic carbocycles. The van der Waals surface area contributed by atoms with E-state index in [-0.39, 0.29) is 11.6 Å². The van der Waals surface area contributed by atoms with Crippen molar-refractivity contribution in [1.82, 2.24) is 5.43 Å². The zero-order valence-electron chi connectivity index (χ0n) is 13.1. The lowest BCUT2D eigenvalue weighted by atomic mass is 10.2. The van der Waals surface area contributed by atoms with Crippen LogP contribution in [0, 0.1) is 10.1 Å². The maximum atomic E-state index is 11.9. The van der Waals surface area contributed by atoms with Crippen molar-refractivity contribution in [2.45, 2.75) is 13.3 Å². The number of nitro groups is 1. The number of rotatable bonds is 7. The van der Waals surface area contributed by atoms with Crippen LogP contribution >= 0.6 is 0 Å². The van der Waals surface area contributed by atoms with Crippen molar-refractivity contribution in [3.63, 3.8) is 0 Å². The van der Waals surface area contributed by atoms with Crippen LogP contribution in [0.5, 0.6) is 5.75 Å². The molecule has 0 spiro atoms. The molecule has 0 unspecified atom stereocenters. The highest BCUT2D eigenvalue weighted by Crippen LogP contribution is 2.13. The number of nitrogens with one attached hydrogen (secondary N) is 1. The van der Waals surface area contributed by atoms with Crippen LogP contribution in [0.15, 0.2) is 53.6 Å². The first-order chi connectivity index (χ1) is 11.6. The number of nitrogens with zero attached hydrogens (tertiary/aromatic N) is 2. The first-order valence-corrected chi connectivity index (χ1v) is 7.41. The maximum absolute atomic E-state index is 11.9. The number of benzene rings is 2. The Hall–Kier alpha value is -3.22. The van der Waals surface area contributed by atoms with E-state index in [0.29, 0.717) is 23.5 Å². The molecule has 0 aliphatic carbocycles. The number of carbonyl (C=O) groups is 1. The lowest BCUT2D eigenvalue weighted by Crippen LogP contribution is -2.17. The summed E-state index contributed by atoms with van der Waals surface area (Å²) in [6, 6.07) is 12.6. The van der Waals surface area contributed by atoms with E-state index in [1.54, 1.807) is 36.4 Å². The molecule has 0 fully saturated rings. The highest BCUT2D eigenvalue weighted by molar-refractivity contribution is 5.95. The molecular formula is C17H17N3O4. The summed E-state index contributed by atoms with van der Waals surface area (Å²) in [5.41, 5.74) is 3.51. The molecule has 24 heavy (non-hydrogen) atoms. The van der Waals surface area contributed by atoms with E-state index < -0.39 is 4.92 Å². The van der Waals surface area contributed by atoms with E-state index in [9.17, 15) is 14.9 Å². The standard InChI is InChI=1S/C17H17N3O4/c1-2-11-24-16-9-5-14(6-10-16)17(21)19-18-12-13-3-7-15(8-4-13)20(22)23/h3-10,12H,2,11H2,1H3,(H,19,21). The molecule has 1 amide bonds. The van der Waals surface area contributed by atoms with Gasteiger partial charge in [-0.3, -0.25) is 14.9 Å². The van der Waals surface area contributed by atoms with Crippen molar-refractivity contribution in [3.05, 3.63) is 69.8 Å². The highest BCUT2D eigenvalue weighted by Gasteiger charge is 2.05. The largest absolute Gasteiger partial charge is 0.494 e. The van der Waals surface area contributed by atoms with Crippen LogP contribution in [0.2, 0.25) is 0 Å². The Morgan fingerprint density at radius 3 is 2.46 bits per heavy atom. The van der Waals surface area contributed by atoms with Crippen LogP contribution < -0.4 is 10.2 Å². The molecule has 1 N–H and O–H groups in total. The summed E-state index contributed by atoms with van der Waals surface area (Å²) >= 11 is 0. The molecule has 0 atom stereocenters. The zero-order valence-corrected chi connectivity index (χ0v) is 13.1. The van der Waals surface area contributed by atoms with E-state index in [2.05, 4.69) is 10.5 Å². The number of carbonyl (C=O) groups excluding carboxylic acids is 1. The highest BCUT2D eigenvalue weighted by atomic mass is 16.6. The van der Waals surface area contributed by atoms with Crippen LogP contribution in [0.4, 0.5) is 5.69 Å². The number of amides is 1. The number of hydrogen-bond acceptors (Lipinski definition) is 5. The normalized spacial score (nSPS) is 10.5. The fourth-order valence-electron chi connectivity index (χ4n) is 1.83. The topological polar surface area (TPSA) is 93.8 Å². The Kier molecular flexibility index (Phi) is 6.01. The van der Waals surface area contributed by atoms with Gasteiger partial charge >= 0.3 is 0 Å². The molecule has 0 aromatic heterocycles. The van der Waals surface area contributed by atoms with Gasteiger partial charge < -0.3 is 4.74 Å². The van der Waals surface area contributed by atoms with Gasteiger partial charge in [-0.25, -0.2) is 5.43 Å². The summed E-state index contributed by atoms with van der Waals surface area (Å²) in [5, 5.41) is 14.4. The summed E-state index contributed by atoms with van der Waals surface area (Å²) in [4.78, 5) is 22.0. The number of hydrazone groups is 1. The predicted molar refractivity (Wildman–Crippen MR) is 90.4 cm³/mol. The first kappa shape index (κ1) is 17.1. The minimum Gasteiger partial charge on any atom is -0.494 e. The number of hydrogen-bond donors (Lipinski definition) is 1. The summed E-state index contributed by atoms with van der Waals surface area (Å²) in [5.74, 6) is 0.359. The van der Waals surface area contributed by atoms with Crippen LogP contribution in [0.3, 0.4) is 0 Å². The molecule has 2 aromatic rings. The van der Waals surface area contributed by atoms with Crippen LogP contribution in [0.1, 0.15) is 29.3 Å². The van der Waals surface area contributed by atoms with Crippen molar-refractivity contribution in [2.75, 3.05) is 6.61 Å². The second-order valence-corrected chi connectivity index (χ2v) is 4.92. The minimum atomic E-state index is -0.476. The van der Waals surface area contributed by atoms with Gasteiger partial charge in [0.1, 0.15) is 5.75 Å². The van der Waals surface area contributed by atoms with E-state index in [1.807, 2.05) is 6.92 Å². The lowest BCUT2D eigenvalue weighted by Gasteiger charge is -2.05. The predicted octanol–water partition coefficient (Wildman–Crippen LogP) is 3.15. The molecule has 0 aliphatic rings. The number of non-ortho nitro benzene ring substituents is 1. The Morgan fingerprint density at radius 2 is 1.88 bits per heavy atom. The molecule has 0 saturated heterocycles. The second kappa shape index (κ2) is 8.42. The van der Waals surface area contributed by atoms with E-state index in [0.717, 1.165) is 6.42 Å².